The van der Waals surface area contributed by atoms with E-state index in [-0.39, 0.29) is 5.69 Å². The zero-order chi connectivity index (χ0) is 20.4. The van der Waals surface area contributed by atoms with Crippen LogP contribution in [0.5, 0.6) is 0 Å². The van der Waals surface area contributed by atoms with E-state index in [1.54, 1.807) is 24.0 Å². The van der Waals surface area contributed by atoms with E-state index in [1.165, 1.54) is 19.2 Å². The highest BCUT2D eigenvalue weighted by molar-refractivity contribution is 7.80. The number of nitrogens with one attached hydrogen (secondary N) is 1. The van der Waals surface area contributed by atoms with Crippen LogP contribution in [0, 0.1) is 17.0 Å². The predicted molar refractivity (Wildman–Crippen MR) is 110 cm³/mol. The Morgan fingerprint density at radius 2 is 1.89 bits per heavy atom. The number of rotatable bonds is 4. The summed E-state index contributed by atoms with van der Waals surface area (Å²) in [7, 11) is 1.32. The lowest BCUT2D eigenvalue weighted by Crippen LogP contribution is -2.48. The van der Waals surface area contributed by atoms with Gasteiger partial charge in [0, 0.05) is 23.5 Å². The second-order valence-corrected chi connectivity index (χ2v) is 6.78. The topological polar surface area (TPSA) is 84.7 Å². The van der Waals surface area contributed by atoms with Crippen LogP contribution in [-0.4, -0.2) is 23.1 Å². The minimum absolute atomic E-state index is 0.0242. The van der Waals surface area contributed by atoms with E-state index < -0.39 is 16.9 Å². The molecule has 8 heteroatoms. The molecule has 0 fully saturated rings. The van der Waals surface area contributed by atoms with Crippen molar-refractivity contribution in [3.05, 3.63) is 81.0 Å². The number of nitrogens with zero attached hydrogens (tertiary/aromatic N) is 2. The first kappa shape index (κ1) is 19.5. The minimum atomic E-state index is -0.568. The Morgan fingerprint density at radius 1 is 1.21 bits per heavy atom. The van der Waals surface area contributed by atoms with Gasteiger partial charge in [0.15, 0.2) is 5.11 Å². The van der Waals surface area contributed by atoms with Crippen LogP contribution in [-0.2, 0) is 9.53 Å². The first-order chi connectivity index (χ1) is 13.3. The van der Waals surface area contributed by atoms with Gasteiger partial charge in [0.05, 0.1) is 23.6 Å². The van der Waals surface area contributed by atoms with E-state index in [0.29, 0.717) is 21.9 Å². The van der Waals surface area contributed by atoms with Gasteiger partial charge in [0.25, 0.3) is 5.69 Å². The Hall–Kier alpha value is -3.26. The van der Waals surface area contributed by atoms with Crippen molar-refractivity contribution in [2.24, 2.45) is 0 Å². The number of carbonyl (C=O) groups excluding carboxylic acids is 1. The molecule has 2 aromatic carbocycles. The molecule has 0 bridgehead atoms. The molecule has 2 aromatic rings. The molecular weight excluding hydrogens is 378 g/mol. The van der Waals surface area contributed by atoms with E-state index >= 15 is 0 Å². The summed E-state index contributed by atoms with van der Waals surface area (Å²) in [5.41, 5.74) is 3.58. The number of benzene rings is 2. The van der Waals surface area contributed by atoms with Gasteiger partial charge in [-0.15, -0.1) is 0 Å². The second-order valence-electron chi connectivity index (χ2n) is 6.40. The molecule has 0 amide bonds. The lowest BCUT2D eigenvalue weighted by atomic mass is 9.94. The minimum Gasteiger partial charge on any atom is -0.466 e. The molecule has 7 nitrogen and oxygen atoms in total. The number of methoxy groups -OCH3 is 1. The Bertz CT molecular complexity index is 985. The molecular formula is C20H19N3O4S. The number of nitro benzene ring substituents is 1. The number of hydrogen-bond donors (Lipinski definition) is 1. The van der Waals surface area contributed by atoms with E-state index in [4.69, 9.17) is 17.0 Å². The van der Waals surface area contributed by atoms with Gasteiger partial charge in [-0.3, -0.25) is 15.0 Å². The maximum atomic E-state index is 12.6. The summed E-state index contributed by atoms with van der Waals surface area (Å²) >= 11 is 5.57. The van der Waals surface area contributed by atoms with Crippen LogP contribution in [0.1, 0.15) is 24.1 Å². The third kappa shape index (κ3) is 3.59. The normalized spacial score (nSPS) is 16.6. The fourth-order valence-corrected chi connectivity index (χ4v) is 3.59. The molecule has 1 atom stereocenters. The van der Waals surface area contributed by atoms with E-state index in [0.717, 1.165) is 11.3 Å². The average Bonchev–Trinajstić information content (AvgIpc) is 2.67. The van der Waals surface area contributed by atoms with Crippen LogP contribution in [0.25, 0.3) is 0 Å². The molecule has 0 saturated carbocycles. The predicted octanol–water partition coefficient (Wildman–Crippen LogP) is 3.79. The summed E-state index contributed by atoms with van der Waals surface area (Å²) in [6, 6.07) is 13.2. The van der Waals surface area contributed by atoms with Crippen molar-refractivity contribution < 1.29 is 14.5 Å². The third-order valence-electron chi connectivity index (χ3n) is 4.59. The van der Waals surface area contributed by atoms with Gasteiger partial charge in [0.2, 0.25) is 0 Å². The number of esters is 1. The number of anilines is 1. The highest BCUT2D eigenvalue weighted by atomic mass is 32.1. The Kier molecular flexibility index (Phi) is 5.41. The molecule has 0 saturated heterocycles. The number of non-ortho nitro benzene ring substituents is 1. The third-order valence-corrected chi connectivity index (χ3v) is 4.89. The molecule has 0 spiro atoms. The van der Waals surface area contributed by atoms with Gasteiger partial charge < -0.3 is 10.1 Å². The lowest BCUT2D eigenvalue weighted by molar-refractivity contribution is -0.384. The monoisotopic (exact) mass is 397 g/mol. The molecule has 1 N–H and O–H groups in total. The molecule has 28 heavy (non-hydrogen) atoms. The summed E-state index contributed by atoms with van der Waals surface area (Å²) in [5, 5.41) is 14.5. The van der Waals surface area contributed by atoms with Crippen molar-refractivity contribution in [2.75, 3.05) is 12.0 Å². The fourth-order valence-electron chi connectivity index (χ4n) is 3.23. The summed E-state index contributed by atoms with van der Waals surface area (Å²) in [4.78, 5) is 24.8. The number of thiocarbonyl (C=S) groups is 1. The fraction of sp³-hybridized carbons (Fsp3) is 0.200. The van der Waals surface area contributed by atoms with Gasteiger partial charge in [-0.2, -0.15) is 0 Å². The zero-order valence-corrected chi connectivity index (χ0v) is 16.4. The number of aryl methyl sites for hydroxylation is 1. The lowest BCUT2D eigenvalue weighted by Gasteiger charge is -2.37. The molecule has 1 aliphatic rings. The van der Waals surface area contributed by atoms with Gasteiger partial charge in [-0.25, -0.2) is 4.79 Å². The molecule has 1 heterocycles. The Balaban J connectivity index is 2.11. The van der Waals surface area contributed by atoms with Crippen molar-refractivity contribution >= 4 is 34.7 Å². The molecule has 0 aromatic heterocycles. The van der Waals surface area contributed by atoms with Crippen LogP contribution in [0.15, 0.2) is 59.8 Å². The van der Waals surface area contributed by atoms with Crippen molar-refractivity contribution in [3.63, 3.8) is 0 Å². The van der Waals surface area contributed by atoms with Crippen molar-refractivity contribution in [2.45, 2.75) is 19.9 Å². The Labute approximate surface area is 167 Å². The van der Waals surface area contributed by atoms with Gasteiger partial charge in [-0.05, 0) is 61.5 Å². The first-order valence-electron chi connectivity index (χ1n) is 8.54. The van der Waals surface area contributed by atoms with E-state index in [9.17, 15) is 14.9 Å². The summed E-state index contributed by atoms with van der Waals surface area (Å²) in [5.74, 6) is -0.492. The number of nitro groups is 1. The number of carbonyl (C=O) groups is 1. The standard InChI is InChI=1S/C20H19N3O4S/c1-12-5-4-6-16(11-12)22-13(2)17(19(24)27-3)18(21-20(22)28)14-7-9-15(10-8-14)23(25)26/h4-11,18H,1-3H3,(H,21,28)/t18-/m1/s1. The van der Waals surface area contributed by atoms with E-state index in [1.807, 2.05) is 31.2 Å². The SMILES string of the molecule is COC(=O)C1=C(C)N(c2cccc(C)c2)C(=S)N[C@@H]1c1ccc([N+](=O)[O-])cc1. The number of hydrogen-bond acceptors (Lipinski definition) is 5. The molecule has 0 aliphatic carbocycles. The molecule has 3 rings (SSSR count). The van der Waals surface area contributed by atoms with Crippen molar-refractivity contribution in [3.8, 4) is 0 Å². The average molecular weight is 397 g/mol. The number of ether oxygens (including phenoxy) is 1. The van der Waals surface area contributed by atoms with Gasteiger partial charge in [0.1, 0.15) is 0 Å². The second kappa shape index (κ2) is 7.77. The van der Waals surface area contributed by atoms with Gasteiger partial charge >= 0.3 is 5.97 Å². The summed E-state index contributed by atoms with van der Waals surface area (Å²) < 4.78 is 5.00. The molecule has 0 radical (unpaired) electrons. The maximum Gasteiger partial charge on any atom is 0.337 e. The van der Waals surface area contributed by atoms with Crippen molar-refractivity contribution in [1.29, 1.82) is 0 Å². The van der Waals surface area contributed by atoms with E-state index in [2.05, 4.69) is 5.32 Å². The van der Waals surface area contributed by atoms with Crippen LogP contribution in [0.2, 0.25) is 0 Å². The number of allylic oxidation sites excluding steroid dienone is 1. The largest absolute Gasteiger partial charge is 0.466 e. The van der Waals surface area contributed by atoms with Crippen LogP contribution < -0.4 is 10.2 Å². The summed E-state index contributed by atoms with van der Waals surface area (Å²) in [6.07, 6.45) is 0. The molecule has 144 valence electrons. The molecule has 1 aliphatic heterocycles. The van der Waals surface area contributed by atoms with Crippen LogP contribution >= 0.6 is 12.2 Å². The highest BCUT2D eigenvalue weighted by Crippen LogP contribution is 2.34. The zero-order valence-electron chi connectivity index (χ0n) is 15.6. The quantitative estimate of drug-likeness (QED) is 0.364. The van der Waals surface area contributed by atoms with Gasteiger partial charge in [-0.1, -0.05) is 12.1 Å². The first-order valence-corrected chi connectivity index (χ1v) is 8.95. The Morgan fingerprint density at radius 3 is 2.46 bits per heavy atom. The molecule has 0 unspecified atom stereocenters. The van der Waals surface area contributed by atoms with Crippen molar-refractivity contribution in [1.82, 2.24) is 5.32 Å². The maximum absolute atomic E-state index is 12.6. The summed E-state index contributed by atoms with van der Waals surface area (Å²) in [6.45, 7) is 3.78. The smallest absolute Gasteiger partial charge is 0.337 e. The van der Waals surface area contributed by atoms with Crippen LogP contribution in [0.4, 0.5) is 11.4 Å². The highest BCUT2D eigenvalue weighted by Gasteiger charge is 2.35. The van der Waals surface area contributed by atoms with Crippen LogP contribution in [0.3, 0.4) is 0 Å².